The van der Waals surface area contributed by atoms with Crippen LogP contribution in [0.5, 0.6) is 0 Å². The molecule has 6 nitrogen and oxygen atoms in total. The van der Waals surface area contributed by atoms with Crippen LogP contribution in [0.2, 0.25) is 0 Å². The number of aromatic nitrogens is 4. The van der Waals surface area contributed by atoms with Crippen LogP contribution in [0.15, 0.2) is 45.6 Å². The van der Waals surface area contributed by atoms with Gasteiger partial charge in [0.25, 0.3) is 5.56 Å². The highest BCUT2D eigenvalue weighted by atomic mass is 19.4. The molecule has 0 spiro atoms. The van der Waals surface area contributed by atoms with E-state index in [-0.39, 0.29) is 28.2 Å². The molecule has 1 N–H and O–H groups in total. The largest absolute Gasteiger partial charge is 0.441 e. The Morgan fingerprint density at radius 2 is 1.91 bits per heavy atom. The first-order chi connectivity index (χ1) is 15.1. The van der Waals surface area contributed by atoms with Crippen LogP contribution in [0.25, 0.3) is 33.8 Å². The Morgan fingerprint density at radius 1 is 1.22 bits per heavy atom. The average Bonchev–Trinajstić information content (AvgIpc) is 3.30. The van der Waals surface area contributed by atoms with Gasteiger partial charge in [0.05, 0.1) is 5.56 Å². The van der Waals surface area contributed by atoms with Gasteiger partial charge in [-0.05, 0) is 38.0 Å². The van der Waals surface area contributed by atoms with Gasteiger partial charge in [0, 0.05) is 5.69 Å². The first-order valence-corrected chi connectivity index (χ1v) is 9.52. The van der Waals surface area contributed by atoms with Crippen LogP contribution in [0.4, 0.5) is 13.2 Å². The van der Waals surface area contributed by atoms with Crippen LogP contribution in [0.1, 0.15) is 29.8 Å². The summed E-state index contributed by atoms with van der Waals surface area (Å²) in [5, 5.41) is 3.62. The van der Waals surface area contributed by atoms with Crippen molar-refractivity contribution in [2.24, 2.45) is 0 Å². The van der Waals surface area contributed by atoms with Crippen LogP contribution in [0, 0.1) is 26.2 Å². The second-order valence-corrected chi connectivity index (χ2v) is 7.20. The summed E-state index contributed by atoms with van der Waals surface area (Å²) in [5.74, 6) is 2.78. The van der Waals surface area contributed by atoms with Gasteiger partial charge >= 0.3 is 6.18 Å². The lowest BCUT2D eigenvalue weighted by atomic mass is 10.1. The van der Waals surface area contributed by atoms with Gasteiger partial charge in [-0.15, -0.1) is 6.42 Å². The molecule has 32 heavy (non-hydrogen) atoms. The number of allylic oxidation sites excluding steroid dienone is 2. The minimum atomic E-state index is -4.77. The number of H-pyrrole nitrogens is 1. The third-order valence-electron chi connectivity index (χ3n) is 4.99. The van der Waals surface area contributed by atoms with Gasteiger partial charge in [-0.25, -0.2) is 4.98 Å². The van der Waals surface area contributed by atoms with Gasteiger partial charge in [-0.2, -0.15) is 22.8 Å². The predicted molar refractivity (Wildman–Crippen MR) is 114 cm³/mol. The van der Waals surface area contributed by atoms with Gasteiger partial charge in [-0.1, -0.05) is 36.3 Å². The molecule has 0 aliphatic rings. The fourth-order valence-corrected chi connectivity index (χ4v) is 3.58. The van der Waals surface area contributed by atoms with Crippen molar-refractivity contribution in [3.05, 3.63) is 69.6 Å². The normalized spacial score (nSPS) is 12.3. The first-order valence-electron chi connectivity index (χ1n) is 9.52. The van der Waals surface area contributed by atoms with E-state index in [1.54, 1.807) is 39.0 Å². The molecule has 0 fully saturated rings. The molecule has 0 saturated heterocycles. The lowest BCUT2D eigenvalue weighted by Crippen LogP contribution is -2.20. The number of nitrogens with one attached hydrogen (secondary N) is 1. The summed E-state index contributed by atoms with van der Waals surface area (Å²) in [6.45, 7) is 4.96. The zero-order valence-electron chi connectivity index (χ0n) is 17.3. The van der Waals surface area contributed by atoms with E-state index < -0.39 is 17.4 Å². The molecule has 0 radical (unpaired) electrons. The summed E-state index contributed by atoms with van der Waals surface area (Å²) in [7, 11) is 0. The molecule has 3 heterocycles. The van der Waals surface area contributed by atoms with Crippen molar-refractivity contribution in [3.63, 3.8) is 0 Å². The first kappa shape index (κ1) is 21.2. The number of fused-ring (bicyclic) bond motifs is 1. The maximum absolute atomic E-state index is 13.8. The topological polar surface area (TPSA) is 76.2 Å². The lowest BCUT2D eigenvalue weighted by Gasteiger charge is -2.07. The Kier molecular flexibility index (Phi) is 5.01. The molecule has 0 atom stereocenters. The number of halogens is 3. The van der Waals surface area contributed by atoms with Crippen molar-refractivity contribution in [1.29, 1.82) is 0 Å². The van der Waals surface area contributed by atoms with E-state index >= 15 is 0 Å². The zero-order chi connectivity index (χ0) is 23.2. The number of benzene rings is 1. The fraction of sp³-hybridized carbons (Fsp3) is 0.174. The molecule has 4 rings (SSSR count). The number of nitrogens with zero attached hydrogens (tertiary/aromatic N) is 3. The molecule has 0 bridgehead atoms. The Bertz CT molecular complexity index is 1470. The summed E-state index contributed by atoms with van der Waals surface area (Å²) < 4.78 is 47.8. The smallest absolute Gasteiger partial charge is 0.435 e. The third kappa shape index (κ3) is 3.39. The SMILES string of the molecule is C#C/C=C(/C)c1nc(-c2c(C)[nH]c3c(-c4ccccc4)c(C(F)(F)F)nn3c2=O)oc1C. The van der Waals surface area contributed by atoms with Gasteiger partial charge in [0.15, 0.2) is 5.69 Å². The van der Waals surface area contributed by atoms with E-state index in [2.05, 4.69) is 21.0 Å². The minimum absolute atomic E-state index is 0.0174. The number of oxazole rings is 1. The highest BCUT2D eigenvalue weighted by molar-refractivity contribution is 5.81. The van der Waals surface area contributed by atoms with Crippen LogP contribution >= 0.6 is 0 Å². The van der Waals surface area contributed by atoms with Crippen LogP contribution in [0.3, 0.4) is 0 Å². The number of aryl methyl sites for hydroxylation is 2. The minimum Gasteiger partial charge on any atom is -0.441 e. The van der Waals surface area contributed by atoms with Crippen molar-refractivity contribution in [2.45, 2.75) is 26.9 Å². The Balaban J connectivity index is 2.02. The second-order valence-electron chi connectivity index (χ2n) is 7.20. The van der Waals surface area contributed by atoms with E-state index in [1.165, 1.54) is 18.2 Å². The molecule has 0 aliphatic carbocycles. The molecular weight excluding hydrogens is 421 g/mol. The molecule has 0 amide bonds. The summed E-state index contributed by atoms with van der Waals surface area (Å²) in [5.41, 5.74) is -0.555. The van der Waals surface area contributed by atoms with Gasteiger partial charge in [0.1, 0.15) is 22.7 Å². The summed E-state index contributed by atoms with van der Waals surface area (Å²) in [4.78, 5) is 20.5. The van der Waals surface area contributed by atoms with Gasteiger partial charge < -0.3 is 9.40 Å². The van der Waals surface area contributed by atoms with E-state index in [0.29, 0.717) is 27.2 Å². The quantitative estimate of drug-likeness (QED) is 0.456. The molecule has 9 heteroatoms. The van der Waals surface area contributed by atoms with Crippen molar-refractivity contribution in [2.75, 3.05) is 0 Å². The number of terminal acetylenes is 1. The lowest BCUT2D eigenvalue weighted by molar-refractivity contribution is -0.140. The fourth-order valence-electron chi connectivity index (χ4n) is 3.58. The van der Waals surface area contributed by atoms with Gasteiger partial charge in [-0.3, -0.25) is 4.79 Å². The number of rotatable bonds is 3. The molecule has 162 valence electrons. The molecule has 0 saturated carbocycles. The van der Waals surface area contributed by atoms with Crippen LogP contribution in [-0.2, 0) is 6.18 Å². The third-order valence-corrected chi connectivity index (χ3v) is 4.99. The van der Waals surface area contributed by atoms with Crippen LogP contribution in [-0.4, -0.2) is 19.6 Å². The monoisotopic (exact) mass is 438 g/mol. The van der Waals surface area contributed by atoms with Crippen LogP contribution < -0.4 is 5.56 Å². The molecule has 4 aromatic rings. The van der Waals surface area contributed by atoms with Gasteiger partial charge in [0.2, 0.25) is 5.89 Å². The Labute approximate surface area is 180 Å². The highest BCUT2D eigenvalue weighted by Crippen LogP contribution is 2.38. The highest BCUT2D eigenvalue weighted by Gasteiger charge is 2.39. The van der Waals surface area contributed by atoms with E-state index in [1.807, 2.05) is 0 Å². The number of aromatic amines is 1. The molecule has 0 aliphatic heterocycles. The number of hydrogen-bond donors (Lipinski definition) is 1. The van der Waals surface area contributed by atoms with Crippen molar-refractivity contribution < 1.29 is 17.6 Å². The van der Waals surface area contributed by atoms with Crippen molar-refractivity contribution in [3.8, 4) is 34.9 Å². The summed E-state index contributed by atoms with van der Waals surface area (Å²) in [6.07, 6.45) is 2.04. The molecule has 3 aromatic heterocycles. The Hall–Kier alpha value is -4.06. The maximum atomic E-state index is 13.8. The van der Waals surface area contributed by atoms with Crippen molar-refractivity contribution in [1.82, 2.24) is 19.6 Å². The second kappa shape index (κ2) is 7.57. The zero-order valence-corrected chi connectivity index (χ0v) is 17.3. The Morgan fingerprint density at radius 3 is 2.53 bits per heavy atom. The predicted octanol–water partition coefficient (Wildman–Crippen LogP) is 5.02. The van der Waals surface area contributed by atoms with E-state index in [0.717, 1.165) is 0 Å². The molecular formula is C23H17F3N4O2. The maximum Gasteiger partial charge on any atom is 0.435 e. The van der Waals surface area contributed by atoms with Crippen molar-refractivity contribution >= 4 is 11.2 Å². The average molecular weight is 438 g/mol. The number of hydrogen-bond acceptors (Lipinski definition) is 4. The number of alkyl halides is 3. The molecule has 0 unspecified atom stereocenters. The molecule has 1 aromatic carbocycles. The summed E-state index contributed by atoms with van der Waals surface area (Å²) >= 11 is 0. The standard InChI is InChI=1S/C23H17F3N4O2/c1-5-9-12(2)18-14(4)32-21(28-18)16-13(3)27-20-17(15-10-7-6-8-11-15)19(23(24,25)26)29-30(20)22(16)31/h1,6-11,27H,2-4H3/b12-9-. The van der Waals surface area contributed by atoms with E-state index in [9.17, 15) is 18.0 Å². The van der Waals surface area contributed by atoms with E-state index in [4.69, 9.17) is 10.8 Å². The summed E-state index contributed by atoms with van der Waals surface area (Å²) in [6, 6.07) is 7.97.